The molecule has 8 nitrogen and oxygen atoms in total. The summed E-state index contributed by atoms with van der Waals surface area (Å²) in [5, 5.41) is 14.8. The first-order valence-corrected chi connectivity index (χ1v) is 10.9. The van der Waals surface area contributed by atoms with E-state index < -0.39 is 18.1 Å². The maximum Gasteiger partial charge on any atom is 0.407 e. The fourth-order valence-corrected chi connectivity index (χ4v) is 3.32. The van der Waals surface area contributed by atoms with Gasteiger partial charge in [0.25, 0.3) is 0 Å². The number of nitrogens with zero attached hydrogens (tertiary/aromatic N) is 1. The molecule has 0 heterocycles. The Morgan fingerprint density at radius 1 is 1.06 bits per heavy atom. The topological polar surface area (TPSA) is 110 Å². The summed E-state index contributed by atoms with van der Waals surface area (Å²) in [5.41, 5.74) is 1.89. The largest absolute Gasteiger partial charge is 0.497 e. The minimum Gasteiger partial charge on any atom is -0.497 e. The van der Waals surface area contributed by atoms with Crippen molar-refractivity contribution in [2.75, 3.05) is 20.3 Å². The van der Waals surface area contributed by atoms with E-state index in [0.29, 0.717) is 13.2 Å². The highest BCUT2D eigenvalue weighted by atomic mass is 16.5. The Balaban J connectivity index is 1.41. The number of rotatable bonds is 12. The molecule has 8 heteroatoms. The maximum absolute atomic E-state index is 12.7. The smallest absolute Gasteiger partial charge is 0.407 e. The lowest BCUT2D eigenvalue weighted by molar-refractivity contribution is -0.127. The molecule has 2 atom stereocenters. The van der Waals surface area contributed by atoms with E-state index >= 15 is 0 Å². The van der Waals surface area contributed by atoms with Crippen LogP contribution in [0.3, 0.4) is 0 Å². The Morgan fingerprint density at radius 3 is 2.42 bits per heavy atom. The highest BCUT2D eigenvalue weighted by molar-refractivity contribution is 5.80. The minimum absolute atomic E-state index is 0.0258. The molecule has 2 amide bonds. The molecule has 3 rings (SSSR count). The second-order valence-electron chi connectivity index (χ2n) is 7.94. The third kappa shape index (κ3) is 8.13. The normalized spacial score (nSPS) is 14.4. The zero-order chi connectivity index (χ0) is 23.5. The third-order valence-corrected chi connectivity index (χ3v) is 5.39. The van der Waals surface area contributed by atoms with Gasteiger partial charge in [-0.25, -0.2) is 4.79 Å². The van der Waals surface area contributed by atoms with Gasteiger partial charge in [0, 0.05) is 6.54 Å². The first-order valence-electron chi connectivity index (χ1n) is 10.9. The van der Waals surface area contributed by atoms with Crippen molar-refractivity contribution in [1.29, 1.82) is 5.26 Å². The first kappa shape index (κ1) is 24.1. The van der Waals surface area contributed by atoms with Crippen LogP contribution in [-0.4, -0.2) is 38.4 Å². The van der Waals surface area contributed by atoms with E-state index in [-0.39, 0.29) is 25.0 Å². The summed E-state index contributed by atoms with van der Waals surface area (Å²) in [6.07, 6.45) is 1.23. The summed E-state index contributed by atoms with van der Waals surface area (Å²) in [7, 11) is 1.60. The van der Waals surface area contributed by atoms with Gasteiger partial charge >= 0.3 is 6.09 Å². The molecule has 1 aliphatic carbocycles. The quantitative estimate of drug-likeness (QED) is 0.513. The van der Waals surface area contributed by atoms with E-state index in [4.69, 9.17) is 14.2 Å². The van der Waals surface area contributed by atoms with Crippen LogP contribution in [0.2, 0.25) is 0 Å². The molecule has 1 saturated carbocycles. The Kier molecular flexibility index (Phi) is 9.09. The lowest BCUT2D eigenvalue weighted by Gasteiger charge is -2.19. The molecule has 33 heavy (non-hydrogen) atoms. The van der Waals surface area contributed by atoms with Crippen molar-refractivity contribution in [3.8, 4) is 11.8 Å². The van der Waals surface area contributed by atoms with Gasteiger partial charge in [-0.15, -0.1) is 0 Å². The standard InChI is InChI=1S/C25H29N3O5/c1-31-22-11-7-19(8-12-22)15-32-16-21(13-26)28-24(29)23(20-9-10-20)17-33-25(30)27-14-18-5-3-2-4-6-18/h2-8,11-12,20-21,23H,9-10,14-17H2,1H3,(H,27,30)(H,28,29). The van der Waals surface area contributed by atoms with Crippen LogP contribution in [0.5, 0.6) is 5.75 Å². The molecule has 0 saturated heterocycles. The Bertz CT molecular complexity index is 939. The maximum atomic E-state index is 12.7. The molecule has 1 fully saturated rings. The van der Waals surface area contributed by atoms with Gasteiger partial charge < -0.3 is 24.8 Å². The fourth-order valence-electron chi connectivity index (χ4n) is 3.32. The summed E-state index contributed by atoms with van der Waals surface area (Å²) in [4.78, 5) is 24.8. The van der Waals surface area contributed by atoms with Crippen molar-refractivity contribution in [2.24, 2.45) is 11.8 Å². The zero-order valence-corrected chi connectivity index (χ0v) is 18.7. The van der Waals surface area contributed by atoms with Crippen LogP contribution in [0.1, 0.15) is 24.0 Å². The van der Waals surface area contributed by atoms with Crippen LogP contribution >= 0.6 is 0 Å². The van der Waals surface area contributed by atoms with E-state index in [1.807, 2.05) is 54.6 Å². The van der Waals surface area contributed by atoms with Gasteiger partial charge in [-0.1, -0.05) is 42.5 Å². The molecule has 1 aliphatic rings. The molecule has 2 aromatic rings. The van der Waals surface area contributed by atoms with Crippen molar-refractivity contribution in [2.45, 2.75) is 32.0 Å². The van der Waals surface area contributed by atoms with E-state index in [1.54, 1.807) is 7.11 Å². The number of amides is 2. The molecule has 2 aromatic carbocycles. The van der Waals surface area contributed by atoms with Crippen molar-refractivity contribution < 1.29 is 23.8 Å². The van der Waals surface area contributed by atoms with Crippen molar-refractivity contribution >= 4 is 12.0 Å². The second kappa shape index (κ2) is 12.5. The molecule has 0 bridgehead atoms. The molecular weight excluding hydrogens is 422 g/mol. The predicted octanol–water partition coefficient (Wildman–Crippen LogP) is 3.17. The van der Waals surface area contributed by atoms with Gasteiger partial charge in [0.05, 0.1) is 32.3 Å². The van der Waals surface area contributed by atoms with Crippen molar-refractivity contribution in [3.63, 3.8) is 0 Å². The Morgan fingerprint density at radius 2 is 1.79 bits per heavy atom. The van der Waals surface area contributed by atoms with Gasteiger partial charge in [-0.2, -0.15) is 5.26 Å². The summed E-state index contributed by atoms with van der Waals surface area (Å²) >= 11 is 0. The van der Waals surface area contributed by atoms with Gasteiger partial charge in [0.15, 0.2) is 0 Å². The SMILES string of the molecule is COc1ccc(COCC(C#N)NC(=O)C(COC(=O)NCc2ccccc2)C2CC2)cc1. The Hall–Kier alpha value is -3.57. The fraction of sp³-hybridized carbons (Fsp3) is 0.400. The van der Waals surface area contributed by atoms with Crippen LogP contribution in [0.15, 0.2) is 54.6 Å². The van der Waals surface area contributed by atoms with Crippen molar-refractivity contribution in [1.82, 2.24) is 10.6 Å². The summed E-state index contributed by atoms with van der Waals surface area (Å²) < 4.78 is 16.0. The summed E-state index contributed by atoms with van der Waals surface area (Å²) in [6, 6.07) is 18.2. The average molecular weight is 452 g/mol. The van der Waals surface area contributed by atoms with Crippen LogP contribution in [-0.2, 0) is 27.4 Å². The summed E-state index contributed by atoms with van der Waals surface area (Å²) in [6.45, 7) is 0.697. The van der Waals surface area contributed by atoms with Gasteiger partial charge in [-0.05, 0) is 42.0 Å². The second-order valence-corrected chi connectivity index (χ2v) is 7.94. The molecule has 0 radical (unpaired) electrons. The number of carbonyl (C=O) groups excluding carboxylic acids is 2. The highest BCUT2D eigenvalue weighted by Gasteiger charge is 2.37. The van der Waals surface area contributed by atoms with E-state index in [2.05, 4.69) is 16.7 Å². The van der Waals surface area contributed by atoms with E-state index in [0.717, 1.165) is 29.7 Å². The zero-order valence-electron chi connectivity index (χ0n) is 18.7. The molecule has 174 valence electrons. The number of ether oxygens (including phenoxy) is 3. The third-order valence-electron chi connectivity index (χ3n) is 5.39. The number of hydrogen-bond donors (Lipinski definition) is 2. The number of hydrogen-bond acceptors (Lipinski definition) is 6. The molecule has 2 N–H and O–H groups in total. The van der Waals surface area contributed by atoms with Gasteiger partial charge in [-0.3, -0.25) is 4.79 Å². The molecule has 0 spiro atoms. The van der Waals surface area contributed by atoms with Gasteiger partial charge in [0.2, 0.25) is 5.91 Å². The van der Waals surface area contributed by atoms with Crippen LogP contribution in [0.4, 0.5) is 4.79 Å². The van der Waals surface area contributed by atoms with Crippen molar-refractivity contribution in [3.05, 3.63) is 65.7 Å². The lowest BCUT2D eigenvalue weighted by Crippen LogP contribution is -2.43. The summed E-state index contributed by atoms with van der Waals surface area (Å²) in [5.74, 6) is 0.132. The lowest BCUT2D eigenvalue weighted by atomic mass is 10.0. The monoisotopic (exact) mass is 451 g/mol. The number of nitriles is 1. The molecular formula is C25H29N3O5. The van der Waals surface area contributed by atoms with E-state index in [9.17, 15) is 14.9 Å². The Labute approximate surface area is 193 Å². The first-order chi connectivity index (χ1) is 16.1. The number of nitrogens with one attached hydrogen (secondary N) is 2. The number of carbonyl (C=O) groups is 2. The number of alkyl carbamates (subject to hydrolysis) is 1. The molecule has 2 unspecified atom stereocenters. The van der Waals surface area contributed by atoms with E-state index in [1.165, 1.54) is 0 Å². The van der Waals surface area contributed by atoms with Crippen LogP contribution in [0, 0.1) is 23.2 Å². The molecule has 0 aromatic heterocycles. The molecule has 0 aliphatic heterocycles. The number of benzene rings is 2. The highest BCUT2D eigenvalue weighted by Crippen LogP contribution is 2.37. The number of methoxy groups -OCH3 is 1. The average Bonchev–Trinajstić information content (AvgIpc) is 3.68. The minimum atomic E-state index is -0.788. The van der Waals surface area contributed by atoms with Gasteiger partial charge in [0.1, 0.15) is 18.4 Å². The van der Waals surface area contributed by atoms with Crippen LogP contribution < -0.4 is 15.4 Å². The predicted molar refractivity (Wildman–Crippen MR) is 121 cm³/mol. The van der Waals surface area contributed by atoms with Crippen LogP contribution in [0.25, 0.3) is 0 Å².